The quantitative estimate of drug-likeness (QED) is 0.583. The number of hydrogen-bond donors (Lipinski definition) is 0. The molecule has 0 aromatic rings. The molecule has 0 unspecified atom stereocenters. The van der Waals surface area contributed by atoms with Crippen molar-refractivity contribution in [2.45, 2.75) is 18.9 Å². The fourth-order valence-corrected chi connectivity index (χ4v) is 2.40. The van der Waals surface area contributed by atoms with Gasteiger partial charge in [0.05, 0.1) is 18.6 Å². The van der Waals surface area contributed by atoms with Crippen LogP contribution in [0.3, 0.4) is 0 Å². The minimum absolute atomic E-state index is 0.00174. The number of rotatable bonds is 1. The molecular weight excluding hydrogens is 162 g/mol. The standard InChI is InChI=1S/C7H11NO2S/c1-7(4-11-5-7)8-6(9)2-3-10-8/h2-5H2,1H3. The first-order valence-electron chi connectivity index (χ1n) is 3.76. The highest BCUT2D eigenvalue weighted by Crippen LogP contribution is 2.36. The Labute approximate surface area is 70.0 Å². The summed E-state index contributed by atoms with van der Waals surface area (Å²) < 4.78 is 0. The first kappa shape index (κ1) is 7.43. The maximum atomic E-state index is 11.2. The molecule has 0 aliphatic carbocycles. The van der Waals surface area contributed by atoms with Gasteiger partial charge in [-0.25, -0.2) is 5.06 Å². The number of carbonyl (C=O) groups is 1. The van der Waals surface area contributed by atoms with Crippen LogP contribution >= 0.6 is 11.8 Å². The number of thioether (sulfide) groups is 1. The Morgan fingerprint density at radius 2 is 2.36 bits per heavy atom. The van der Waals surface area contributed by atoms with Crippen LogP contribution < -0.4 is 0 Å². The summed E-state index contributed by atoms with van der Waals surface area (Å²) in [5.41, 5.74) is -0.00174. The highest BCUT2D eigenvalue weighted by Gasteiger charge is 2.44. The monoisotopic (exact) mass is 173 g/mol. The Hall–Kier alpha value is -0.220. The molecule has 0 aromatic heterocycles. The Morgan fingerprint density at radius 3 is 2.73 bits per heavy atom. The second kappa shape index (κ2) is 2.38. The van der Waals surface area contributed by atoms with Crippen LogP contribution in [0.15, 0.2) is 0 Å². The van der Waals surface area contributed by atoms with E-state index in [1.54, 1.807) is 5.06 Å². The van der Waals surface area contributed by atoms with Gasteiger partial charge in [0.15, 0.2) is 0 Å². The molecule has 0 bridgehead atoms. The lowest BCUT2D eigenvalue weighted by atomic mass is 10.1. The molecule has 0 N–H and O–H groups in total. The van der Waals surface area contributed by atoms with E-state index in [1.165, 1.54) is 0 Å². The lowest BCUT2D eigenvalue weighted by molar-refractivity contribution is -0.186. The third-order valence-electron chi connectivity index (χ3n) is 2.08. The third kappa shape index (κ3) is 1.05. The number of amides is 1. The first-order valence-corrected chi connectivity index (χ1v) is 4.92. The number of hydrogen-bond acceptors (Lipinski definition) is 3. The molecule has 0 radical (unpaired) electrons. The summed E-state index contributed by atoms with van der Waals surface area (Å²) in [5, 5.41) is 1.57. The highest BCUT2D eigenvalue weighted by molar-refractivity contribution is 8.00. The van der Waals surface area contributed by atoms with Crippen molar-refractivity contribution in [3.8, 4) is 0 Å². The van der Waals surface area contributed by atoms with Crippen molar-refractivity contribution >= 4 is 17.7 Å². The molecule has 2 heterocycles. The normalized spacial score (nSPS) is 28.8. The van der Waals surface area contributed by atoms with E-state index in [2.05, 4.69) is 6.92 Å². The van der Waals surface area contributed by atoms with Crippen LogP contribution in [-0.2, 0) is 9.63 Å². The van der Waals surface area contributed by atoms with Gasteiger partial charge >= 0.3 is 0 Å². The third-order valence-corrected chi connectivity index (χ3v) is 3.73. The maximum Gasteiger partial charge on any atom is 0.249 e. The van der Waals surface area contributed by atoms with Gasteiger partial charge in [-0.3, -0.25) is 9.63 Å². The minimum atomic E-state index is -0.00174. The molecule has 0 atom stereocenters. The smallest absolute Gasteiger partial charge is 0.249 e. The summed E-state index contributed by atoms with van der Waals surface area (Å²) in [6.07, 6.45) is 0.556. The van der Waals surface area contributed by atoms with Crippen LogP contribution in [0.5, 0.6) is 0 Å². The Balaban J connectivity index is 2.08. The molecule has 2 aliphatic rings. The molecule has 2 saturated heterocycles. The number of carbonyl (C=O) groups excluding carboxylic acids is 1. The molecule has 2 aliphatic heterocycles. The number of nitrogens with zero attached hydrogens (tertiary/aromatic N) is 1. The SMILES string of the molecule is CC1(N2OCCC2=O)CSC1. The molecule has 0 saturated carbocycles. The van der Waals surface area contributed by atoms with Gasteiger partial charge in [0.25, 0.3) is 0 Å². The van der Waals surface area contributed by atoms with E-state index in [0.29, 0.717) is 13.0 Å². The topological polar surface area (TPSA) is 29.5 Å². The average molecular weight is 173 g/mol. The van der Waals surface area contributed by atoms with Gasteiger partial charge in [0.1, 0.15) is 0 Å². The summed E-state index contributed by atoms with van der Waals surface area (Å²) >= 11 is 1.86. The molecule has 4 heteroatoms. The second-order valence-electron chi connectivity index (χ2n) is 3.26. The van der Waals surface area contributed by atoms with E-state index in [1.807, 2.05) is 11.8 Å². The van der Waals surface area contributed by atoms with Crippen LogP contribution in [0, 0.1) is 0 Å². The molecular formula is C7H11NO2S. The van der Waals surface area contributed by atoms with Crippen LogP contribution in [0.4, 0.5) is 0 Å². The zero-order valence-corrected chi connectivity index (χ0v) is 7.32. The lowest BCUT2D eigenvalue weighted by Crippen LogP contribution is -2.55. The predicted molar refractivity (Wildman–Crippen MR) is 43.1 cm³/mol. The van der Waals surface area contributed by atoms with Crippen molar-refractivity contribution in [3.63, 3.8) is 0 Å². The van der Waals surface area contributed by atoms with Crippen molar-refractivity contribution in [2.75, 3.05) is 18.1 Å². The second-order valence-corrected chi connectivity index (χ2v) is 4.25. The molecule has 62 valence electrons. The summed E-state index contributed by atoms with van der Waals surface area (Å²) in [6, 6.07) is 0. The van der Waals surface area contributed by atoms with Gasteiger partial charge in [-0.2, -0.15) is 11.8 Å². The number of hydroxylamine groups is 2. The molecule has 0 aromatic carbocycles. The van der Waals surface area contributed by atoms with Crippen molar-refractivity contribution in [1.29, 1.82) is 0 Å². The summed E-state index contributed by atoms with van der Waals surface area (Å²) in [7, 11) is 0. The molecule has 3 nitrogen and oxygen atoms in total. The minimum Gasteiger partial charge on any atom is -0.272 e. The van der Waals surface area contributed by atoms with Crippen molar-refractivity contribution in [1.82, 2.24) is 5.06 Å². The van der Waals surface area contributed by atoms with Gasteiger partial charge < -0.3 is 0 Å². The van der Waals surface area contributed by atoms with Gasteiger partial charge in [0.2, 0.25) is 5.91 Å². The van der Waals surface area contributed by atoms with Crippen molar-refractivity contribution in [2.24, 2.45) is 0 Å². The van der Waals surface area contributed by atoms with Crippen LogP contribution in [0.25, 0.3) is 0 Å². The zero-order chi connectivity index (χ0) is 7.90. The molecule has 1 amide bonds. The van der Waals surface area contributed by atoms with E-state index in [-0.39, 0.29) is 11.4 Å². The Kier molecular flexibility index (Phi) is 1.61. The zero-order valence-electron chi connectivity index (χ0n) is 6.50. The molecule has 0 spiro atoms. The van der Waals surface area contributed by atoms with Gasteiger partial charge in [-0.1, -0.05) is 0 Å². The predicted octanol–water partition coefficient (Wildman–Crippen LogP) is 0.656. The average Bonchev–Trinajstić information content (AvgIpc) is 2.30. The fourth-order valence-electron chi connectivity index (χ4n) is 1.37. The summed E-state index contributed by atoms with van der Waals surface area (Å²) in [5.74, 6) is 2.17. The first-order chi connectivity index (χ1) is 5.22. The van der Waals surface area contributed by atoms with Gasteiger partial charge in [0, 0.05) is 11.5 Å². The summed E-state index contributed by atoms with van der Waals surface area (Å²) in [4.78, 5) is 16.4. The Morgan fingerprint density at radius 1 is 1.64 bits per heavy atom. The molecule has 2 rings (SSSR count). The molecule has 11 heavy (non-hydrogen) atoms. The maximum absolute atomic E-state index is 11.2. The van der Waals surface area contributed by atoms with Crippen LogP contribution in [0.1, 0.15) is 13.3 Å². The molecule has 2 fully saturated rings. The lowest BCUT2D eigenvalue weighted by Gasteiger charge is -2.43. The van der Waals surface area contributed by atoms with Crippen LogP contribution in [0.2, 0.25) is 0 Å². The van der Waals surface area contributed by atoms with E-state index in [0.717, 1.165) is 11.5 Å². The fraction of sp³-hybridized carbons (Fsp3) is 0.857. The van der Waals surface area contributed by atoms with E-state index < -0.39 is 0 Å². The van der Waals surface area contributed by atoms with E-state index >= 15 is 0 Å². The van der Waals surface area contributed by atoms with E-state index in [9.17, 15) is 4.79 Å². The van der Waals surface area contributed by atoms with Gasteiger partial charge in [-0.15, -0.1) is 0 Å². The van der Waals surface area contributed by atoms with Gasteiger partial charge in [-0.05, 0) is 6.92 Å². The largest absolute Gasteiger partial charge is 0.272 e. The highest BCUT2D eigenvalue weighted by atomic mass is 32.2. The van der Waals surface area contributed by atoms with Crippen molar-refractivity contribution < 1.29 is 9.63 Å². The van der Waals surface area contributed by atoms with Crippen LogP contribution in [-0.4, -0.2) is 34.6 Å². The summed E-state index contributed by atoms with van der Waals surface area (Å²) in [6.45, 7) is 2.64. The van der Waals surface area contributed by atoms with Crippen molar-refractivity contribution in [3.05, 3.63) is 0 Å². The Bertz CT molecular complexity index is 191. The van der Waals surface area contributed by atoms with E-state index in [4.69, 9.17) is 4.84 Å².